The molecule has 0 radical (unpaired) electrons. The first-order valence-electron chi connectivity index (χ1n) is 6.55. The molecule has 100 valence electrons. The molecule has 2 nitrogen and oxygen atoms in total. The van der Waals surface area contributed by atoms with Crippen molar-refractivity contribution in [1.29, 1.82) is 0 Å². The Morgan fingerprint density at radius 2 is 2.17 bits per heavy atom. The first-order chi connectivity index (χ1) is 8.65. The molecule has 1 fully saturated rings. The van der Waals surface area contributed by atoms with E-state index in [1.807, 2.05) is 0 Å². The van der Waals surface area contributed by atoms with Crippen LogP contribution >= 0.6 is 0 Å². The van der Waals surface area contributed by atoms with Gasteiger partial charge in [0.2, 0.25) is 0 Å². The number of nitrogens with one attached hydrogen (secondary N) is 1. The molecule has 1 aromatic carbocycles. The van der Waals surface area contributed by atoms with Gasteiger partial charge in [-0.25, -0.2) is 8.78 Å². The summed E-state index contributed by atoms with van der Waals surface area (Å²) in [6.45, 7) is 5.49. The van der Waals surface area contributed by atoms with Crippen molar-refractivity contribution in [1.82, 2.24) is 10.2 Å². The highest BCUT2D eigenvalue weighted by molar-refractivity contribution is 5.18. The van der Waals surface area contributed by atoms with Crippen LogP contribution in [0.25, 0.3) is 0 Å². The summed E-state index contributed by atoms with van der Waals surface area (Å²) in [7, 11) is 0. The SMILES string of the molecule is CC1CCN(Cc2cc(F)ccc2F)CCCN1. The van der Waals surface area contributed by atoms with Gasteiger partial charge < -0.3 is 5.32 Å². The van der Waals surface area contributed by atoms with Crippen LogP contribution < -0.4 is 5.32 Å². The molecule has 1 aromatic rings. The summed E-state index contributed by atoms with van der Waals surface area (Å²) in [4.78, 5) is 2.20. The highest BCUT2D eigenvalue weighted by atomic mass is 19.1. The van der Waals surface area contributed by atoms with Crippen molar-refractivity contribution in [3.05, 3.63) is 35.4 Å². The predicted molar refractivity (Wildman–Crippen MR) is 68.3 cm³/mol. The molecule has 1 N–H and O–H groups in total. The summed E-state index contributed by atoms with van der Waals surface area (Å²) in [5.41, 5.74) is 0.455. The van der Waals surface area contributed by atoms with Crippen molar-refractivity contribution in [2.45, 2.75) is 32.4 Å². The van der Waals surface area contributed by atoms with E-state index in [0.717, 1.165) is 38.5 Å². The number of benzene rings is 1. The van der Waals surface area contributed by atoms with Crippen LogP contribution in [0.15, 0.2) is 18.2 Å². The minimum absolute atomic E-state index is 0.315. The van der Waals surface area contributed by atoms with Crippen molar-refractivity contribution in [2.75, 3.05) is 19.6 Å². The Labute approximate surface area is 107 Å². The zero-order valence-electron chi connectivity index (χ0n) is 10.8. The van der Waals surface area contributed by atoms with E-state index in [-0.39, 0.29) is 11.6 Å². The molecule has 0 saturated carbocycles. The van der Waals surface area contributed by atoms with Gasteiger partial charge in [-0.1, -0.05) is 0 Å². The lowest BCUT2D eigenvalue weighted by Gasteiger charge is -2.27. The molecule has 18 heavy (non-hydrogen) atoms. The lowest BCUT2D eigenvalue weighted by molar-refractivity contribution is 0.227. The quantitative estimate of drug-likeness (QED) is 0.872. The highest BCUT2D eigenvalue weighted by Gasteiger charge is 2.14. The summed E-state index contributed by atoms with van der Waals surface area (Å²) >= 11 is 0. The maximum absolute atomic E-state index is 13.6. The molecule has 0 aliphatic carbocycles. The summed E-state index contributed by atoms with van der Waals surface area (Å²) in [5.74, 6) is -0.682. The van der Waals surface area contributed by atoms with Crippen LogP contribution in [0.3, 0.4) is 0 Å². The maximum atomic E-state index is 13.6. The molecule has 4 heteroatoms. The number of nitrogens with zero attached hydrogens (tertiary/aromatic N) is 1. The van der Waals surface area contributed by atoms with Gasteiger partial charge in [-0.05, 0) is 57.6 Å². The van der Waals surface area contributed by atoms with E-state index >= 15 is 0 Å². The van der Waals surface area contributed by atoms with Crippen LogP contribution in [-0.2, 0) is 6.54 Å². The van der Waals surface area contributed by atoms with Gasteiger partial charge in [-0.15, -0.1) is 0 Å². The van der Waals surface area contributed by atoms with Crippen molar-refractivity contribution >= 4 is 0 Å². The lowest BCUT2D eigenvalue weighted by atomic mass is 10.1. The van der Waals surface area contributed by atoms with E-state index in [4.69, 9.17) is 0 Å². The third kappa shape index (κ3) is 3.75. The van der Waals surface area contributed by atoms with Gasteiger partial charge in [0.1, 0.15) is 11.6 Å². The minimum Gasteiger partial charge on any atom is -0.314 e. The average molecular weight is 254 g/mol. The van der Waals surface area contributed by atoms with Gasteiger partial charge in [0.25, 0.3) is 0 Å². The second-order valence-corrected chi connectivity index (χ2v) is 5.01. The number of rotatable bonds is 2. The van der Waals surface area contributed by atoms with E-state index in [9.17, 15) is 8.78 Å². The molecule has 1 heterocycles. The monoisotopic (exact) mass is 254 g/mol. The molecule has 2 rings (SSSR count). The Balaban J connectivity index is 2.00. The van der Waals surface area contributed by atoms with Gasteiger partial charge in [0.15, 0.2) is 0 Å². The van der Waals surface area contributed by atoms with Crippen LogP contribution in [0.5, 0.6) is 0 Å². The number of hydrogen-bond acceptors (Lipinski definition) is 2. The van der Waals surface area contributed by atoms with Crippen LogP contribution in [0.4, 0.5) is 8.78 Å². The zero-order valence-corrected chi connectivity index (χ0v) is 10.8. The van der Waals surface area contributed by atoms with Crippen LogP contribution in [0.1, 0.15) is 25.3 Å². The van der Waals surface area contributed by atoms with E-state index in [0.29, 0.717) is 18.2 Å². The topological polar surface area (TPSA) is 15.3 Å². The van der Waals surface area contributed by atoms with Gasteiger partial charge in [0, 0.05) is 18.2 Å². The molecule has 0 bridgehead atoms. The Bertz CT molecular complexity index is 395. The third-order valence-electron chi connectivity index (χ3n) is 3.42. The molecular weight excluding hydrogens is 234 g/mol. The summed E-state index contributed by atoms with van der Waals surface area (Å²) in [6, 6.07) is 4.16. The minimum atomic E-state index is -0.367. The third-order valence-corrected chi connectivity index (χ3v) is 3.42. The predicted octanol–water partition coefficient (Wildman–Crippen LogP) is 2.54. The Hall–Kier alpha value is -1.00. The molecule has 1 aliphatic rings. The Kier molecular flexibility index (Phi) is 4.66. The fourth-order valence-electron chi connectivity index (χ4n) is 2.30. The maximum Gasteiger partial charge on any atom is 0.127 e. The first kappa shape index (κ1) is 13.4. The zero-order chi connectivity index (χ0) is 13.0. The second kappa shape index (κ2) is 6.25. The van der Waals surface area contributed by atoms with E-state index in [1.54, 1.807) is 0 Å². The fourth-order valence-corrected chi connectivity index (χ4v) is 2.30. The van der Waals surface area contributed by atoms with Crippen LogP contribution in [0.2, 0.25) is 0 Å². The first-order valence-corrected chi connectivity index (χ1v) is 6.55. The van der Waals surface area contributed by atoms with E-state index in [2.05, 4.69) is 17.1 Å². The largest absolute Gasteiger partial charge is 0.314 e. The molecular formula is C14H20F2N2. The van der Waals surface area contributed by atoms with Gasteiger partial charge in [-0.2, -0.15) is 0 Å². The molecule has 1 unspecified atom stereocenters. The summed E-state index contributed by atoms with van der Waals surface area (Å²) in [5, 5.41) is 3.43. The molecule has 1 saturated heterocycles. The van der Waals surface area contributed by atoms with Crippen molar-refractivity contribution in [3.63, 3.8) is 0 Å². The normalized spacial score (nSPS) is 22.5. The van der Waals surface area contributed by atoms with Crippen molar-refractivity contribution in [2.24, 2.45) is 0 Å². The second-order valence-electron chi connectivity index (χ2n) is 5.01. The Morgan fingerprint density at radius 1 is 1.33 bits per heavy atom. The number of hydrogen-bond donors (Lipinski definition) is 1. The van der Waals surface area contributed by atoms with Crippen molar-refractivity contribution in [3.8, 4) is 0 Å². The molecule has 1 atom stereocenters. The number of halogens is 2. The van der Waals surface area contributed by atoms with Crippen molar-refractivity contribution < 1.29 is 8.78 Å². The van der Waals surface area contributed by atoms with Crippen LogP contribution in [-0.4, -0.2) is 30.6 Å². The van der Waals surface area contributed by atoms with Gasteiger partial charge in [0.05, 0.1) is 0 Å². The standard InChI is InChI=1S/C14H20F2N2/c1-11-5-8-18(7-2-6-17-11)10-12-9-13(15)3-4-14(12)16/h3-4,9,11,17H,2,5-8,10H2,1H3. The van der Waals surface area contributed by atoms with Crippen LogP contribution in [0, 0.1) is 11.6 Å². The fraction of sp³-hybridized carbons (Fsp3) is 0.571. The Morgan fingerprint density at radius 3 is 3.00 bits per heavy atom. The average Bonchev–Trinajstić information content (AvgIpc) is 2.33. The summed E-state index contributed by atoms with van der Waals surface area (Å²) < 4.78 is 26.7. The summed E-state index contributed by atoms with van der Waals surface area (Å²) in [6.07, 6.45) is 2.08. The molecule has 1 aliphatic heterocycles. The van der Waals surface area contributed by atoms with E-state index in [1.165, 1.54) is 12.1 Å². The molecule has 0 spiro atoms. The van der Waals surface area contributed by atoms with Gasteiger partial charge in [-0.3, -0.25) is 4.90 Å². The van der Waals surface area contributed by atoms with E-state index < -0.39 is 0 Å². The smallest absolute Gasteiger partial charge is 0.127 e. The highest BCUT2D eigenvalue weighted by Crippen LogP contribution is 2.14. The van der Waals surface area contributed by atoms with Gasteiger partial charge >= 0.3 is 0 Å². The lowest BCUT2D eigenvalue weighted by Crippen LogP contribution is -2.38. The molecule has 0 amide bonds. The molecule has 0 aromatic heterocycles.